The fraction of sp³-hybridized carbons (Fsp3) is 0.409. The number of fused-ring (bicyclic) bond motifs is 1. The van der Waals surface area contributed by atoms with Gasteiger partial charge in [0.15, 0.2) is 6.10 Å². The molecule has 1 amide bonds. The van der Waals surface area contributed by atoms with Gasteiger partial charge in [0.05, 0.1) is 24.5 Å². The molecule has 0 bridgehead atoms. The maximum Gasteiger partial charge on any atom is 0.263 e. The van der Waals surface area contributed by atoms with E-state index in [1.165, 1.54) is 4.31 Å². The number of amides is 1. The molecular weight excluding hydrogens is 388 g/mol. The number of carbonyl (C=O) groups excluding carboxylic acids is 1. The van der Waals surface area contributed by atoms with Crippen LogP contribution in [0.1, 0.15) is 44.9 Å². The largest absolute Gasteiger partial charge is 0.476 e. The van der Waals surface area contributed by atoms with E-state index in [2.05, 4.69) is 26.1 Å². The number of hydrogen-bond donors (Lipinski definition) is 1. The van der Waals surface area contributed by atoms with Crippen LogP contribution in [0.15, 0.2) is 48.5 Å². The van der Waals surface area contributed by atoms with Crippen LogP contribution in [0.25, 0.3) is 0 Å². The molecule has 0 saturated carbocycles. The van der Waals surface area contributed by atoms with Crippen molar-refractivity contribution < 1.29 is 17.9 Å². The average molecular weight is 417 g/mol. The number of hydrogen-bond acceptors (Lipinski definition) is 4. The smallest absolute Gasteiger partial charge is 0.263 e. The van der Waals surface area contributed by atoms with Crippen molar-refractivity contribution >= 4 is 21.6 Å². The van der Waals surface area contributed by atoms with Gasteiger partial charge in [0.25, 0.3) is 5.91 Å². The van der Waals surface area contributed by atoms with Crippen LogP contribution >= 0.6 is 0 Å². The van der Waals surface area contributed by atoms with Crippen molar-refractivity contribution in [2.45, 2.75) is 45.3 Å². The summed E-state index contributed by atoms with van der Waals surface area (Å²) in [6.07, 6.45) is 0.219. The Morgan fingerprint density at radius 3 is 2.41 bits per heavy atom. The minimum Gasteiger partial charge on any atom is -0.476 e. The van der Waals surface area contributed by atoms with Crippen molar-refractivity contribution in [3.63, 3.8) is 0 Å². The highest BCUT2D eigenvalue weighted by Gasteiger charge is 2.36. The minimum absolute atomic E-state index is 0.0627. The molecule has 0 radical (unpaired) electrons. The SMILES string of the molecule is CC(NC(=O)C1CN(S(C)(=O)=O)c2cc(C(C)(C)C)ccc2O1)c1ccccc1. The standard InChI is InChI=1S/C22H28N2O4S/c1-15(16-9-7-6-8-10-16)23-21(25)20-14-24(29(5,26)27)18-13-17(22(2,3)4)11-12-19(18)28-20/h6-13,15,20H,14H2,1-5H3,(H,23,25). The Morgan fingerprint density at radius 1 is 1.17 bits per heavy atom. The number of benzene rings is 2. The van der Waals surface area contributed by atoms with E-state index in [1.54, 1.807) is 6.07 Å². The van der Waals surface area contributed by atoms with E-state index in [4.69, 9.17) is 4.74 Å². The van der Waals surface area contributed by atoms with Crippen molar-refractivity contribution in [3.8, 4) is 5.75 Å². The van der Waals surface area contributed by atoms with E-state index < -0.39 is 16.1 Å². The van der Waals surface area contributed by atoms with Crippen LogP contribution in [-0.4, -0.2) is 33.2 Å². The summed E-state index contributed by atoms with van der Waals surface area (Å²) in [7, 11) is -3.58. The monoisotopic (exact) mass is 416 g/mol. The summed E-state index contributed by atoms with van der Waals surface area (Å²) < 4.78 is 32.1. The molecule has 0 aliphatic carbocycles. The Kier molecular flexibility index (Phi) is 5.63. The second kappa shape index (κ2) is 7.71. The molecule has 1 N–H and O–H groups in total. The minimum atomic E-state index is -3.58. The zero-order chi connectivity index (χ0) is 21.4. The topological polar surface area (TPSA) is 75.7 Å². The molecule has 1 aliphatic rings. The average Bonchev–Trinajstić information content (AvgIpc) is 2.65. The van der Waals surface area contributed by atoms with Crippen LogP contribution < -0.4 is 14.4 Å². The third-order valence-electron chi connectivity index (χ3n) is 5.05. The van der Waals surface area contributed by atoms with Gasteiger partial charge in [-0.05, 0) is 35.6 Å². The summed E-state index contributed by atoms with van der Waals surface area (Å²) in [5.74, 6) is 0.0442. The summed E-state index contributed by atoms with van der Waals surface area (Å²) in [4.78, 5) is 12.8. The Hall–Kier alpha value is -2.54. The summed E-state index contributed by atoms with van der Waals surface area (Å²) in [6.45, 7) is 8.00. The first-order chi connectivity index (χ1) is 13.5. The first-order valence-corrected chi connectivity index (χ1v) is 11.5. The van der Waals surface area contributed by atoms with Gasteiger partial charge in [-0.2, -0.15) is 0 Å². The number of ether oxygens (including phenoxy) is 1. The van der Waals surface area contributed by atoms with E-state index in [9.17, 15) is 13.2 Å². The maximum atomic E-state index is 12.8. The first-order valence-electron chi connectivity index (χ1n) is 9.61. The molecule has 2 aromatic carbocycles. The van der Waals surface area contributed by atoms with Gasteiger partial charge in [0.2, 0.25) is 10.0 Å². The van der Waals surface area contributed by atoms with Crippen LogP contribution in [0.4, 0.5) is 5.69 Å². The van der Waals surface area contributed by atoms with E-state index in [0.717, 1.165) is 17.4 Å². The Balaban J connectivity index is 1.88. The summed E-state index contributed by atoms with van der Waals surface area (Å²) in [6, 6.07) is 14.8. The number of carbonyl (C=O) groups is 1. The number of nitrogens with one attached hydrogen (secondary N) is 1. The molecule has 156 valence electrons. The lowest BCUT2D eigenvalue weighted by atomic mass is 9.86. The first kappa shape index (κ1) is 21.2. The predicted octanol–water partition coefficient (Wildman–Crippen LogP) is 3.39. The van der Waals surface area contributed by atoms with Gasteiger partial charge in [0.1, 0.15) is 5.75 Å². The number of rotatable bonds is 4. The Bertz CT molecular complexity index is 997. The fourth-order valence-corrected chi connectivity index (χ4v) is 4.21. The molecule has 0 aromatic heterocycles. The highest BCUT2D eigenvalue weighted by molar-refractivity contribution is 7.92. The number of anilines is 1. The van der Waals surface area contributed by atoms with E-state index in [0.29, 0.717) is 11.4 Å². The van der Waals surface area contributed by atoms with E-state index in [1.807, 2.05) is 49.4 Å². The third kappa shape index (κ3) is 4.72. The van der Waals surface area contributed by atoms with Crippen LogP contribution in [0, 0.1) is 0 Å². The lowest BCUT2D eigenvalue weighted by molar-refractivity contribution is -0.128. The molecule has 2 atom stereocenters. The molecule has 1 aliphatic heterocycles. The lowest BCUT2D eigenvalue weighted by Gasteiger charge is -2.35. The third-order valence-corrected chi connectivity index (χ3v) is 6.19. The van der Waals surface area contributed by atoms with E-state index in [-0.39, 0.29) is 23.9 Å². The molecule has 6 nitrogen and oxygen atoms in total. The van der Waals surface area contributed by atoms with Gasteiger partial charge >= 0.3 is 0 Å². The molecule has 7 heteroatoms. The molecule has 0 fully saturated rings. The zero-order valence-corrected chi connectivity index (χ0v) is 18.3. The van der Waals surface area contributed by atoms with Gasteiger partial charge in [0, 0.05) is 0 Å². The Labute approximate surface area is 172 Å². The molecule has 3 rings (SSSR count). The van der Waals surface area contributed by atoms with Crippen LogP contribution in [0.3, 0.4) is 0 Å². The molecular formula is C22H28N2O4S. The van der Waals surface area contributed by atoms with Crippen molar-refractivity contribution in [2.75, 3.05) is 17.1 Å². The predicted molar refractivity (Wildman–Crippen MR) is 115 cm³/mol. The van der Waals surface area contributed by atoms with Crippen molar-refractivity contribution in [1.82, 2.24) is 5.32 Å². The van der Waals surface area contributed by atoms with Gasteiger partial charge in [-0.3, -0.25) is 9.10 Å². The second-order valence-electron chi connectivity index (χ2n) is 8.47. The molecule has 2 aromatic rings. The lowest BCUT2D eigenvalue weighted by Crippen LogP contribution is -2.50. The molecule has 2 unspecified atom stereocenters. The van der Waals surface area contributed by atoms with Crippen LogP contribution in [0.2, 0.25) is 0 Å². The van der Waals surface area contributed by atoms with E-state index >= 15 is 0 Å². The zero-order valence-electron chi connectivity index (χ0n) is 17.5. The summed E-state index contributed by atoms with van der Waals surface area (Å²) in [5, 5.41) is 2.92. The highest BCUT2D eigenvalue weighted by atomic mass is 32.2. The summed E-state index contributed by atoms with van der Waals surface area (Å²) >= 11 is 0. The van der Waals surface area contributed by atoms with Crippen LogP contribution in [-0.2, 0) is 20.2 Å². The van der Waals surface area contributed by atoms with Crippen molar-refractivity contribution in [2.24, 2.45) is 0 Å². The van der Waals surface area contributed by atoms with Crippen LogP contribution in [0.5, 0.6) is 5.75 Å². The highest BCUT2D eigenvalue weighted by Crippen LogP contribution is 2.38. The second-order valence-corrected chi connectivity index (χ2v) is 10.4. The Morgan fingerprint density at radius 2 is 1.83 bits per heavy atom. The van der Waals surface area contributed by atoms with Crippen molar-refractivity contribution in [3.05, 3.63) is 59.7 Å². The molecule has 0 saturated heterocycles. The van der Waals surface area contributed by atoms with Crippen molar-refractivity contribution in [1.29, 1.82) is 0 Å². The quantitative estimate of drug-likeness (QED) is 0.829. The van der Waals surface area contributed by atoms with Gasteiger partial charge < -0.3 is 10.1 Å². The van der Waals surface area contributed by atoms with Gasteiger partial charge in [-0.25, -0.2) is 8.42 Å². The van der Waals surface area contributed by atoms with Gasteiger partial charge in [-0.15, -0.1) is 0 Å². The number of sulfonamides is 1. The maximum absolute atomic E-state index is 12.8. The normalized spacial score (nSPS) is 17.8. The van der Waals surface area contributed by atoms with Gasteiger partial charge in [-0.1, -0.05) is 57.2 Å². The number of nitrogens with zero attached hydrogens (tertiary/aromatic N) is 1. The summed E-state index contributed by atoms with van der Waals surface area (Å²) in [5.41, 5.74) is 2.29. The molecule has 1 heterocycles. The molecule has 0 spiro atoms. The molecule has 29 heavy (non-hydrogen) atoms. The fourth-order valence-electron chi connectivity index (χ4n) is 3.30.